The zero-order chi connectivity index (χ0) is 14.4. The Balaban J connectivity index is 2.41. The number of nitrogens with one attached hydrogen (secondary N) is 2. The average Bonchev–Trinajstić information content (AvgIpc) is 2.49. The Hall–Kier alpha value is -2.00. The molecule has 0 aliphatic carbocycles. The fourth-order valence-electron chi connectivity index (χ4n) is 2.37. The van der Waals surface area contributed by atoms with Crippen molar-refractivity contribution in [1.82, 2.24) is 0 Å². The largest absolute Gasteiger partial charge is 0.392 e. The highest BCUT2D eigenvalue weighted by Gasteiger charge is 2.09. The maximum atomic E-state index is 9.56. The van der Waals surface area contributed by atoms with Gasteiger partial charge in [0, 0.05) is 18.3 Å². The first-order chi connectivity index (χ1) is 9.80. The Kier molecular flexibility index (Phi) is 5.02. The molecule has 106 valence electrons. The summed E-state index contributed by atoms with van der Waals surface area (Å²) in [5.74, 6) is 0. The van der Waals surface area contributed by atoms with Crippen LogP contribution in [0.15, 0.2) is 42.5 Å². The molecule has 2 aromatic rings. The van der Waals surface area contributed by atoms with Crippen LogP contribution in [0.3, 0.4) is 0 Å². The van der Waals surface area contributed by atoms with Crippen LogP contribution >= 0.6 is 0 Å². The number of para-hydroxylation sites is 3. The molecule has 0 aromatic heterocycles. The Labute approximate surface area is 120 Å². The molecule has 3 nitrogen and oxygen atoms in total. The topological polar surface area (TPSA) is 44.3 Å². The molecular formula is C17H22N2O. The minimum Gasteiger partial charge on any atom is -0.392 e. The Morgan fingerprint density at radius 1 is 0.950 bits per heavy atom. The van der Waals surface area contributed by atoms with Crippen LogP contribution < -0.4 is 10.6 Å². The predicted molar refractivity (Wildman–Crippen MR) is 85.6 cm³/mol. The van der Waals surface area contributed by atoms with E-state index in [1.54, 1.807) is 0 Å². The number of hydrogen-bond acceptors (Lipinski definition) is 3. The van der Waals surface area contributed by atoms with Crippen molar-refractivity contribution >= 4 is 17.1 Å². The third kappa shape index (κ3) is 3.11. The summed E-state index contributed by atoms with van der Waals surface area (Å²) >= 11 is 0. The molecule has 0 bridgehead atoms. The van der Waals surface area contributed by atoms with Gasteiger partial charge in [-0.1, -0.05) is 43.7 Å². The van der Waals surface area contributed by atoms with Crippen molar-refractivity contribution in [3.05, 3.63) is 53.6 Å². The Bertz CT molecular complexity index is 567. The summed E-state index contributed by atoms with van der Waals surface area (Å²) in [5.41, 5.74) is 5.27. The van der Waals surface area contributed by atoms with Gasteiger partial charge < -0.3 is 15.7 Å². The van der Waals surface area contributed by atoms with Crippen LogP contribution in [-0.4, -0.2) is 12.2 Å². The van der Waals surface area contributed by atoms with Gasteiger partial charge >= 0.3 is 0 Å². The minimum atomic E-state index is 0.0433. The maximum absolute atomic E-state index is 9.56. The van der Waals surface area contributed by atoms with Gasteiger partial charge in [0.1, 0.15) is 0 Å². The number of rotatable bonds is 6. The van der Waals surface area contributed by atoms with E-state index in [4.69, 9.17) is 0 Å². The minimum absolute atomic E-state index is 0.0433. The van der Waals surface area contributed by atoms with Gasteiger partial charge in [-0.05, 0) is 24.1 Å². The molecule has 0 heterocycles. The fourth-order valence-corrected chi connectivity index (χ4v) is 2.37. The third-order valence-corrected chi connectivity index (χ3v) is 3.38. The highest BCUT2D eigenvalue weighted by molar-refractivity contribution is 5.76. The standard InChI is InChI=1S/C17H22N2O/c1-3-7-13-8-6-9-14(12-20)17(13)19-16-11-5-4-10-15(16)18-2/h4-6,8-11,18-20H,3,7,12H2,1-2H3. The second-order valence-corrected chi connectivity index (χ2v) is 4.78. The molecular weight excluding hydrogens is 248 g/mol. The van der Waals surface area contributed by atoms with E-state index in [1.807, 2.05) is 43.4 Å². The first kappa shape index (κ1) is 14.4. The van der Waals surface area contributed by atoms with Crippen LogP contribution in [0.25, 0.3) is 0 Å². The monoisotopic (exact) mass is 270 g/mol. The van der Waals surface area contributed by atoms with Crippen molar-refractivity contribution in [2.45, 2.75) is 26.4 Å². The molecule has 2 rings (SSSR count). The molecule has 0 saturated heterocycles. The van der Waals surface area contributed by atoms with E-state index in [2.05, 4.69) is 23.6 Å². The smallest absolute Gasteiger partial charge is 0.0702 e. The van der Waals surface area contributed by atoms with Gasteiger partial charge in [-0.2, -0.15) is 0 Å². The van der Waals surface area contributed by atoms with Crippen LogP contribution in [0.4, 0.5) is 17.1 Å². The van der Waals surface area contributed by atoms with E-state index < -0.39 is 0 Å². The number of hydrogen-bond donors (Lipinski definition) is 3. The maximum Gasteiger partial charge on any atom is 0.0702 e. The second-order valence-electron chi connectivity index (χ2n) is 4.78. The first-order valence-corrected chi connectivity index (χ1v) is 7.05. The van der Waals surface area contributed by atoms with Crippen molar-refractivity contribution in [3.63, 3.8) is 0 Å². The summed E-state index contributed by atoms with van der Waals surface area (Å²) in [6.07, 6.45) is 2.08. The normalized spacial score (nSPS) is 10.3. The molecule has 0 aliphatic heterocycles. The Morgan fingerprint density at radius 2 is 1.65 bits per heavy atom. The van der Waals surface area contributed by atoms with Gasteiger partial charge in [0.25, 0.3) is 0 Å². The summed E-state index contributed by atoms with van der Waals surface area (Å²) in [7, 11) is 1.91. The van der Waals surface area contributed by atoms with Crippen LogP contribution in [0, 0.1) is 0 Å². The lowest BCUT2D eigenvalue weighted by Crippen LogP contribution is -2.03. The SMILES string of the molecule is CCCc1cccc(CO)c1Nc1ccccc1NC. The molecule has 0 atom stereocenters. The number of benzene rings is 2. The van der Waals surface area contributed by atoms with E-state index in [1.165, 1.54) is 5.56 Å². The van der Waals surface area contributed by atoms with E-state index in [-0.39, 0.29) is 6.61 Å². The van der Waals surface area contributed by atoms with E-state index >= 15 is 0 Å². The van der Waals surface area contributed by atoms with E-state index in [0.717, 1.165) is 35.5 Å². The Morgan fingerprint density at radius 3 is 2.30 bits per heavy atom. The zero-order valence-electron chi connectivity index (χ0n) is 12.1. The van der Waals surface area contributed by atoms with Gasteiger partial charge in [0.15, 0.2) is 0 Å². The molecule has 3 heteroatoms. The lowest BCUT2D eigenvalue weighted by atomic mass is 10.0. The van der Waals surface area contributed by atoms with Crippen molar-refractivity contribution < 1.29 is 5.11 Å². The zero-order valence-corrected chi connectivity index (χ0v) is 12.1. The van der Waals surface area contributed by atoms with Crippen molar-refractivity contribution in [3.8, 4) is 0 Å². The quantitative estimate of drug-likeness (QED) is 0.745. The molecule has 0 spiro atoms. The third-order valence-electron chi connectivity index (χ3n) is 3.38. The molecule has 0 unspecified atom stereocenters. The fraction of sp³-hybridized carbons (Fsp3) is 0.294. The molecule has 20 heavy (non-hydrogen) atoms. The first-order valence-electron chi connectivity index (χ1n) is 7.05. The van der Waals surface area contributed by atoms with Gasteiger partial charge in [0.2, 0.25) is 0 Å². The van der Waals surface area contributed by atoms with Crippen molar-refractivity contribution in [2.75, 3.05) is 17.7 Å². The van der Waals surface area contributed by atoms with Gasteiger partial charge in [0.05, 0.1) is 18.0 Å². The lowest BCUT2D eigenvalue weighted by Gasteiger charge is -2.17. The number of anilines is 3. The van der Waals surface area contributed by atoms with Gasteiger partial charge in [-0.15, -0.1) is 0 Å². The molecule has 0 fully saturated rings. The molecule has 0 amide bonds. The predicted octanol–water partition coefficient (Wildman–Crippen LogP) is 3.92. The van der Waals surface area contributed by atoms with Crippen molar-refractivity contribution in [1.29, 1.82) is 0 Å². The lowest BCUT2D eigenvalue weighted by molar-refractivity contribution is 0.282. The molecule has 3 N–H and O–H groups in total. The summed E-state index contributed by atoms with van der Waals surface area (Å²) in [5, 5.41) is 16.2. The van der Waals surface area contributed by atoms with Crippen LogP contribution in [0.1, 0.15) is 24.5 Å². The summed E-state index contributed by atoms with van der Waals surface area (Å²) in [4.78, 5) is 0. The number of aliphatic hydroxyl groups is 1. The number of aryl methyl sites for hydroxylation is 1. The molecule has 0 saturated carbocycles. The van der Waals surface area contributed by atoms with Gasteiger partial charge in [-0.3, -0.25) is 0 Å². The summed E-state index contributed by atoms with van der Waals surface area (Å²) < 4.78 is 0. The number of aliphatic hydroxyl groups excluding tert-OH is 1. The molecule has 0 aliphatic rings. The van der Waals surface area contributed by atoms with Gasteiger partial charge in [-0.25, -0.2) is 0 Å². The van der Waals surface area contributed by atoms with E-state index in [0.29, 0.717) is 0 Å². The average molecular weight is 270 g/mol. The van der Waals surface area contributed by atoms with E-state index in [9.17, 15) is 5.11 Å². The molecule has 0 radical (unpaired) electrons. The molecule has 2 aromatic carbocycles. The van der Waals surface area contributed by atoms with Crippen molar-refractivity contribution in [2.24, 2.45) is 0 Å². The van der Waals surface area contributed by atoms with Crippen LogP contribution in [0.5, 0.6) is 0 Å². The summed E-state index contributed by atoms with van der Waals surface area (Å²) in [6.45, 7) is 2.21. The second kappa shape index (κ2) is 6.96. The van der Waals surface area contributed by atoms with Crippen LogP contribution in [-0.2, 0) is 13.0 Å². The van der Waals surface area contributed by atoms with Crippen LogP contribution in [0.2, 0.25) is 0 Å². The highest BCUT2D eigenvalue weighted by Crippen LogP contribution is 2.30. The highest BCUT2D eigenvalue weighted by atomic mass is 16.3. The summed E-state index contributed by atoms with van der Waals surface area (Å²) in [6, 6.07) is 14.2.